The minimum absolute atomic E-state index is 0.0456. The molecule has 0 aromatic heterocycles. The van der Waals surface area contributed by atoms with Crippen molar-refractivity contribution in [2.45, 2.75) is 101 Å². The van der Waals surface area contributed by atoms with Crippen LogP contribution in [0.5, 0.6) is 0 Å². The zero-order valence-electron chi connectivity index (χ0n) is 18.8. The molecule has 0 amide bonds. The number of aliphatic hydroxyl groups is 2. The zero-order chi connectivity index (χ0) is 22.4. The largest absolute Gasteiger partial charge is 0.414 e. The molecular formula is C20H36FNO5Si2. The lowest BCUT2D eigenvalue weighted by Crippen LogP contribution is -2.60. The Balaban J connectivity index is 2.80. The molecule has 0 aromatic carbocycles. The molecular weight excluding hydrogens is 409 g/mol. The molecule has 6 nitrogen and oxygen atoms in total. The van der Waals surface area contributed by atoms with Gasteiger partial charge in [-0.1, -0.05) is 55.4 Å². The Kier molecular flexibility index (Phi) is 7.22. The lowest BCUT2D eigenvalue weighted by atomic mass is 9.93. The Labute approximate surface area is 176 Å². The second-order valence-electron chi connectivity index (χ2n) is 9.49. The van der Waals surface area contributed by atoms with E-state index in [1.807, 2.05) is 55.4 Å². The Morgan fingerprint density at radius 3 is 1.83 bits per heavy atom. The first-order valence-electron chi connectivity index (χ1n) is 10.4. The molecule has 2 fully saturated rings. The molecule has 0 spiro atoms. The van der Waals surface area contributed by atoms with Crippen LogP contribution in [0, 0.1) is 6.57 Å². The van der Waals surface area contributed by atoms with Gasteiger partial charge in [0.25, 0.3) is 0 Å². The van der Waals surface area contributed by atoms with Crippen molar-refractivity contribution in [1.29, 1.82) is 0 Å². The minimum Gasteiger partial charge on any atom is -0.414 e. The van der Waals surface area contributed by atoms with Gasteiger partial charge in [0.1, 0.15) is 18.8 Å². The van der Waals surface area contributed by atoms with Gasteiger partial charge in [-0.05, 0) is 22.2 Å². The first-order chi connectivity index (χ1) is 13.4. The fourth-order valence-corrected chi connectivity index (χ4v) is 16.1. The molecule has 1 saturated carbocycles. The fourth-order valence-electron chi connectivity index (χ4n) is 4.85. The molecule has 1 aliphatic carbocycles. The summed E-state index contributed by atoms with van der Waals surface area (Å²) >= 11 is 0. The van der Waals surface area contributed by atoms with Gasteiger partial charge in [-0.25, -0.2) is 11.0 Å². The predicted molar refractivity (Wildman–Crippen MR) is 114 cm³/mol. The standard InChI is InChI=1S/C20H36FNO5Si2/c1-12(2)28(13(3)4)25-17-16(10-21)20(11-23,22-9)19(24)18(17)26-29(27-28,14(5)6)15(7)8/h10,12-15,17-19,23-24H,11H2,1-8H3/b16-10-/t17-,18-,19-,20+/m0/s1. The number of rotatable bonds is 5. The molecule has 0 unspecified atom stereocenters. The van der Waals surface area contributed by atoms with Crippen molar-refractivity contribution >= 4 is 17.1 Å². The van der Waals surface area contributed by atoms with Gasteiger partial charge in [0.2, 0.25) is 0 Å². The van der Waals surface area contributed by atoms with E-state index in [0.717, 1.165) is 0 Å². The summed E-state index contributed by atoms with van der Waals surface area (Å²) in [5.41, 5.74) is -1.66. The lowest BCUT2D eigenvalue weighted by Gasteiger charge is -2.46. The van der Waals surface area contributed by atoms with Crippen LogP contribution in [-0.4, -0.2) is 57.8 Å². The summed E-state index contributed by atoms with van der Waals surface area (Å²) in [6, 6.07) is 0. The average molecular weight is 446 g/mol. The van der Waals surface area contributed by atoms with Gasteiger partial charge < -0.3 is 23.2 Å². The van der Waals surface area contributed by atoms with Crippen LogP contribution in [0.1, 0.15) is 55.4 Å². The number of hydrogen-bond acceptors (Lipinski definition) is 5. The maximum absolute atomic E-state index is 14.1. The van der Waals surface area contributed by atoms with Crippen LogP contribution in [-0.2, 0) is 13.0 Å². The molecule has 1 saturated heterocycles. The normalized spacial score (nSPS) is 35.4. The van der Waals surface area contributed by atoms with Gasteiger partial charge in [0, 0.05) is 0 Å². The Morgan fingerprint density at radius 1 is 1.03 bits per heavy atom. The molecule has 29 heavy (non-hydrogen) atoms. The van der Waals surface area contributed by atoms with Crippen LogP contribution in [0.25, 0.3) is 4.85 Å². The lowest BCUT2D eigenvalue weighted by molar-refractivity contribution is -0.0162. The fraction of sp³-hybridized carbons (Fsp3) is 0.850. The summed E-state index contributed by atoms with van der Waals surface area (Å²) in [5.74, 6) is 0. The molecule has 2 N–H and O–H groups in total. The first-order valence-corrected chi connectivity index (χ1v) is 14.4. The molecule has 9 heteroatoms. The average Bonchev–Trinajstić information content (AvgIpc) is 2.78. The van der Waals surface area contributed by atoms with E-state index in [1.54, 1.807) is 0 Å². The van der Waals surface area contributed by atoms with Gasteiger partial charge in [0.15, 0.2) is 6.10 Å². The summed E-state index contributed by atoms with van der Waals surface area (Å²) in [5, 5.41) is 21.1. The van der Waals surface area contributed by atoms with E-state index in [0.29, 0.717) is 6.33 Å². The third-order valence-electron chi connectivity index (χ3n) is 6.63. The second kappa shape index (κ2) is 8.50. The molecule has 166 valence electrons. The van der Waals surface area contributed by atoms with Gasteiger partial charge in [-0.3, -0.25) is 4.85 Å². The molecule has 1 heterocycles. The smallest absolute Gasteiger partial charge is 0.335 e. The van der Waals surface area contributed by atoms with E-state index in [9.17, 15) is 14.6 Å². The zero-order valence-corrected chi connectivity index (χ0v) is 20.8. The molecule has 2 rings (SSSR count). The van der Waals surface area contributed by atoms with Gasteiger partial charge in [0.05, 0.1) is 11.9 Å². The van der Waals surface area contributed by atoms with Crippen molar-refractivity contribution in [3.63, 3.8) is 0 Å². The summed E-state index contributed by atoms with van der Waals surface area (Å²) < 4.78 is 34.4. The summed E-state index contributed by atoms with van der Waals surface area (Å²) in [4.78, 5) is 3.47. The van der Waals surface area contributed by atoms with Crippen LogP contribution in [0.4, 0.5) is 4.39 Å². The first kappa shape index (κ1) is 24.7. The van der Waals surface area contributed by atoms with Crippen LogP contribution in [0.3, 0.4) is 0 Å². The molecule has 4 atom stereocenters. The van der Waals surface area contributed by atoms with Gasteiger partial charge in [-0.2, -0.15) is 0 Å². The third kappa shape index (κ3) is 3.47. The Hall–Kier alpha value is -0.606. The number of aliphatic hydroxyl groups excluding tert-OH is 2. The maximum Gasteiger partial charge on any atom is 0.335 e. The highest BCUT2D eigenvalue weighted by atomic mass is 28.5. The van der Waals surface area contributed by atoms with E-state index in [1.165, 1.54) is 0 Å². The summed E-state index contributed by atoms with van der Waals surface area (Å²) in [6.07, 6.45) is -3.01. The van der Waals surface area contributed by atoms with Crippen molar-refractivity contribution in [2.24, 2.45) is 0 Å². The highest BCUT2D eigenvalue weighted by Crippen LogP contribution is 2.53. The van der Waals surface area contributed by atoms with E-state index in [2.05, 4.69) is 4.85 Å². The van der Waals surface area contributed by atoms with Gasteiger partial charge >= 0.3 is 22.7 Å². The van der Waals surface area contributed by atoms with Crippen molar-refractivity contribution in [2.75, 3.05) is 6.61 Å². The molecule has 0 bridgehead atoms. The van der Waals surface area contributed by atoms with Crippen molar-refractivity contribution in [1.82, 2.24) is 0 Å². The number of nitrogens with zero attached hydrogens (tertiary/aromatic N) is 1. The number of halogens is 1. The summed E-state index contributed by atoms with van der Waals surface area (Å²) in [6.45, 7) is 23.3. The molecule has 2 aliphatic rings. The van der Waals surface area contributed by atoms with E-state index in [-0.39, 0.29) is 27.7 Å². The third-order valence-corrected chi connectivity index (χ3v) is 16.9. The molecule has 0 radical (unpaired) electrons. The molecule has 1 aliphatic heterocycles. The highest BCUT2D eigenvalue weighted by Gasteiger charge is 2.71. The monoisotopic (exact) mass is 445 g/mol. The van der Waals surface area contributed by atoms with E-state index < -0.39 is 47.6 Å². The second-order valence-corrected chi connectivity index (χ2v) is 18.3. The maximum atomic E-state index is 14.1. The highest BCUT2D eigenvalue weighted by molar-refractivity contribution is 6.84. The van der Waals surface area contributed by atoms with Crippen molar-refractivity contribution in [3.05, 3.63) is 23.3 Å². The summed E-state index contributed by atoms with van der Waals surface area (Å²) in [7, 11) is -5.94. The topological polar surface area (TPSA) is 72.5 Å². The van der Waals surface area contributed by atoms with Crippen LogP contribution >= 0.6 is 0 Å². The number of hydrogen-bond donors (Lipinski definition) is 2. The van der Waals surface area contributed by atoms with Gasteiger partial charge in [-0.15, -0.1) is 0 Å². The van der Waals surface area contributed by atoms with Crippen molar-refractivity contribution in [3.8, 4) is 0 Å². The molecule has 0 aromatic rings. The number of fused-ring (bicyclic) bond motifs is 1. The Bertz CT molecular complexity index is 662. The van der Waals surface area contributed by atoms with Crippen LogP contribution < -0.4 is 0 Å². The minimum atomic E-state index is -2.98. The van der Waals surface area contributed by atoms with Crippen molar-refractivity contribution < 1.29 is 27.6 Å². The SMILES string of the molecule is [C-]#[N+][C@]1(CO)/C(=C\F)[C@@H]2O[Si](C(C)C)(C(C)C)O[Si](C(C)C)(C(C)C)O[C@@H]2[C@@H]1O. The predicted octanol–water partition coefficient (Wildman–Crippen LogP) is 4.19. The van der Waals surface area contributed by atoms with E-state index >= 15 is 0 Å². The quantitative estimate of drug-likeness (QED) is 0.490. The van der Waals surface area contributed by atoms with E-state index in [4.69, 9.17) is 19.5 Å². The van der Waals surface area contributed by atoms with Crippen LogP contribution in [0.15, 0.2) is 11.9 Å². The Morgan fingerprint density at radius 2 is 1.48 bits per heavy atom. The van der Waals surface area contributed by atoms with Crippen LogP contribution in [0.2, 0.25) is 22.2 Å².